The zero-order chi connectivity index (χ0) is 20.5. The van der Waals surface area contributed by atoms with Crippen molar-refractivity contribution in [1.82, 2.24) is 19.7 Å². The summed E-state index contributed by atoms with van der Waals surface area (Å²) in [5.74, 6) is 0.848. The van der Waals surface area contributed by atoms with Crippen LogP contribution in [-0.2, 0) is 0 Å². The molecule has 1 amide bonds. The Bertz CT molecular complexity index is 1020. The summed E-state index contributed by atoms with van der Waals surface area (Å²) >= 11 is 5.93. The van der Waals surface area contributed by atoms with E-state index in [1.54, 1.807) is 6.20 Å². The second-order valence-corrected chi connectivity index (χ2v) is 8.23. The van der Waals surface area contributed by atoms with Crippen LogP contribution in [0.3, 0.4) is 0 Å². The largest absolute Gasteiger partial charge is 0.490 e. The van der Waals surface area contributed by atoms with Crippen LogP contribution in [0, 0.1) is 6.92 Å². The third-order valence-corrected chi connectivity index (χ3v) is 5.51. The number of hydrogen-bond donors (Lipinski definition) is 0. The molecule has 4 rings (SSSR count). The van der Waals surface area contributed by atoms with E-state index in [1.165, 1.54) is 0 Å². The van der Waals surface area contributed by atoms with Crippen LogP contribution in [0.2, 0.25) is 5.02 Å². The Morgan fingerprint density at radius 3 is 2.55 bits per heavy atom. The van der Waals surface area contributed by atoms with Gasteiger partial charge in [0.05, 0.1) is 17.1 Å². The minimum atomic E-state index is 0.0359. The SMILES string of the molecule is Cc1cc(C(=O)N2CCC(Oc3ccc(Cl)cc3)CC2)c2cnn(C(C)C)c2n1. The Labute approximate surface area is 175 Å². The fraction of sp³-hybridized carbons (Fsp3) is 0.409. The summed E-state index contributed by atoms with van der Waals surface area (Å²) in [4.78, 5) is 19.8. The van der Waals surface area contributed by atoms with Gasteiger partial charge in [0.15, 0.2) is 5.65 Å². The maximum atomic E-state index is 13.3. The number of ether oxygens (including phenoxy) is 1. The molecule has 1 saturated heterocycles. The van der Waals surface area contributed by atoms with Gasteiger partial charge in [-0.25, -0.2) is 9.67 Å². The molecule has 0 radical (unpaired) electrons. The Kier molecular flexibility index (Phi) is 5.46. The lowest BCUT2D eigenvalue weighted by Crippen LogP contribution is -2.41. The number of nitrogens with zero attached hydrogens (tertiary/aromatic N) is 4. The summed E-state index contributed by atoms with van der Waals surface area (Å²) in [5, 5.41) is 5.95. The molecule has 0 spiro atoms. The zero-order valence-electron chi connectivity index (χ0n) is 16.9. The number of fused-ring (bicyclic) bond motifs is 1. The van der Waals surface area contributed by atoms with Crippen molar-refractivity contribution < 1.29 is 9.53 Å². The Hall–Kier alpha value is -2.60. The maximum absolute atomic E-state index is 13.3. The highest BCUT2D eigenvalue weighted by atomic mass is 35.5. The van der Waals surface area contributed by atoms with Crippen LogP contribution in [-0.4, -0.2) is 44.8 Å². The summed E-state index contributed by atoms with van der Waals surface area (Å²) in [6.45, 7) is 7.36. The number of carbonyl (C=O) groups excluding carboxylic acids is 1. The number of rotatable bonds is 4. The van der Waals surface area contributed by atoms with Gasteiger partial charge in [0.25, 0.3) is 5.91 Å². The Morgan fingerprint density at radius 2 is 1.90 bits per heavy atom. The van der Waals surface area contributed by atoms with Crippen molar-refractivity contribution in [2.45, 2.75) is 45.8 Å². The van der Waals surface area contributed by atoms with Crippen LogP contribution in [0.5, 0.6) is 5.75 Å². The van der Waals surface area contributed by atoms with Crippen molar-refractivity contribution >= 4 is 28.5 Å². The quantitative estimate of drug-likeness (QED) is 0.625. The minimum Gasteiger partial charge on any atom is -0.490 e. The fourth-order valence-electron chi connectivity index (χ4n) is 3.75. The van der Waals surface area contributed by atoms with Gasteiger partial charge in [-0.15, -0.1) is 0 Å². The number of carbonyl (C=O) groups is 1. The normalized spacial score (nSPS) is 15.3. The van der Waals surface area contributed by atoms with Gasteiger partial charge in [-0.3, -0.25) is 4.79 Å². The second-order valence-electron chi connectivity index (χ2n) is 7.79. The van der Waals surface area contributed by atoms with Crippen molar-refractivity contribution in [2.24, 2.45) is 0 Å². The first-order valence-electron chi connectivity index (χ1n) is 9.98. The first kappa shape index (κ1) is 19.7. The molecule has 6 nitrogen and oxygen atoms in total. The first-order valence-corrected chi connectivity index (χ1v) is 10.4. The molecule has 7 heteroatoms. The van der Waals surface area contributed by atoms with Gasteiger partial charge in [0, 0.05) is 42.7 Å². The van der Waals surface area contributed by atoms with E-state index in [1.807, 2.05) is 46.8 Å². The lowest BCUT2D eigenvalue weighted by Gasteiger charge is -2.32. The predicted molar refractivity (Wildman–Crippen MR) is 114 cm³/mol. The van der Waals surface area contributed by atoms with E-state index in [0.717, 1.165) is 35.3 Å². The molecule has 0 bridgehead atoms. The summed E-state index contributed by atoms with van der Waals surface area (Å²) < 4.78 is 7.91. The lowest BCUT2D eigenvalue weighted by atomic mass is 10.0. The smallest absolute Gasteiger partial charge is 0.254 e. The summed E-state index contributed by atoms with van der Waals surface area (Å²) in [6, 6.07) is 9.46. The number of benzene rings is 1. The molecule has 0 aliphatic carbocycles. The van der Waals surface area contributed by atoms with Crippen molar-refractivity contribution in [3.8, 4) is 5.75 Å². The van der Waals surface area contributed by atoms with E-state index in [9.17, 15) is 4.79 Å². The van der Waals surface area contributed by atoms with Gasteiger partial charge in [-0.2, -0.15) is 5.10 Å². The van der Waals surface area contributed by atoms with Crippen LogP contribution >= 0.6 is 11.6 Å². The molecule has 1 aliphatic rings. The van der Waals surface area contributed by atoms with Crippen molar-refractivity contribution in [2.75, 3.05) is 13.1 Å². The van der Waals surface area contributed by atoms with Gasteiger partial charge in [-0.1, -0.05) is 11.6 Å². The molecular formula is C22H25ClN4O2. The van der Waals surface area contributed by atoms with Gasteiger partial charge in [-0.05, 0) is 51.1 Å². The topological polar surface area (TPSA) is 60.3 Å². The maximum Gasteiger partial charge on any atom is 0.254 e. The second kappa shape index (κ2) is 8.03. The monoisotopic (exact) mass is 412 g/mol. The van der Waals surface area contributed by atoms with Crippen LogP contribution in [0.15, 0.2) is 36.5 Å². The van der Waals surface area contributed by atoms with Crippen LogP contribution in [0.1, 0.15) is 48.8 Å². The highest BCUT2D eigenvalue weighted by Crippen LogP contribution is 2.25. The molecule has 152 valence electrons. The predicted octanol–water partition coefficient (Wildman–Crippen LogP) is 4.66. The van der Waals surface area contributed by atoms with E-state index in [4.69, 9.17) is 16.3 Å². The third-order valence-electron chi connectivity index (χ3n) is 5.26. The van der Waals surface area contributed by atoms with E-state index >= 15 is 0 Å². The van der Waals surface area contributed by atoms with Crippen molar-refractivity contribution in [3.05, 3.63) is 52.8 Å². The van der Waals surface area contributed by atoms with E-state index in [0.29, 0.717) is 23.7 Å². The van der Waals surface area contributed by atoms with Crippen molar-refractivity contribution in [1.29, 1.82) is 0 Å². The molecule has 0 unspecified atom stereocenters. The van der Waals surface area contributed by atoms with Gasteiger partial charge < -0.3 is 9.64 Å². The van der Waals surface area contributed by atoms with E-state index in [-0.39, 0.29) is 18.1 Å². The van der Waals surface area contributed by atoms with Gasteiger partial charge >= 0.3 is 0 Å². The van der Waals surface area contributed by atoms with Crippen LogP contribution in [0.25, 0.3) is 11.0 Å². The highest BCUT2D eigenvalue weighted by molar-refractivity contribution is 6.30. The molecule has 1 aromatic carbocycles. The first-order chi connectivity index (χ1) is 13.9. The summed E-state index contributed by atoms with van der Waals surface area (Å²) in [5.41, 5.74) is 2.27. The molecule has 29 heavy (non-hydrogen) atoms. The van der Waals surface area contributed by atoms with Crippen molar-refractivity contribution in [3.63, 3.8) is 0 Å². The number of halogens is 1. The molecule has 3 heterocycles. The number of aromatic nitrogens is 3. The molecular weight excluding hydrogens is 388 g/mol. The average molecular weight is 413 g/mol. The molecule has 3 aromatic rings. The number of amides is 1. The Morgan fingerprint density at radius 1 is 1.21 bits per heavy atom. The number of aryl methyl sites for hydroxylation is 1. The van der Waals surface area contributed by atoms with Crippen LogP contribution < -0.4 is 4.74 Å². The highest BCUT2D eigenvalue weighted by Gasteiger charge is 2.27. The van der Waals surface area contributed by atoms with E-state index < -0.39 is 0 Å². The summed E-state index contributed by atoms with van der Waals surface area (Å²) in [7, 11) is 0. The summed E-state index contributed by atoms with van der Waals surface area (Å²) in [6.07, 6.45) is 3.45. The minimum absolute atomic E-state index is 0.0359. The molecule has 0 atom stereocenters. The number of likely N-dealkylation sites (tertiary alicyclic amines) is 1. The Balaban J connectivity index is 1.48. The molecule has 1 aliphatic heterocycles. The molecule has 2 aromatic heterocycles. The third kappa shape index (κ3) is 4.08. The number of pyridine rings is 1. The zero-order valence-corrected chi connectivity index (χ0v) is 17.7. The fourth-order valence-corrected chi connectivity index (χ4v) is 3.88. The number of hydrogen-bond acceptors (Lipinski definition) is 4. The van der Waals surface area contributed by atoms with Gasteiger partial charge in [0.2, 0.25) is 0 Å². The lowest BCUT2D eigenvalue weighted by molar-refractivity contribution is 0.0597. The van der Waals surface area contributed by atoms with Crippen LogP contribution in [0.4, 0.5) is 0 Å². The van der Waals surface area contributed by atoms with Gasteiger partial charge in [0.1, 0.15) is 11.9 Å². The standard InChI is InChI=1S/C22H25ClN4O2/c1-14(2)27-21-20(13-24-27)19(12-15(3)25-21)22(28)26-10-8-18(9-11-26)29-17-6-4-16(23)5-7-17/h4-7,12-14,18H,8-11H2,1-3H3. The molecule has 1 fully saturated rings. The average Bonchev–Trinajstić information content (AvgIpc) is 3.13. The molecule has 0 N–H and O–H groups in total. The number of piperidine rings is 1. The van der Waals surface area contributed by atoms with E-state index in [2.05, 4.69) is 23.9 Å². The molecule has 0 saturated carbocycles.